The highest BCUT2D eigenvalue weighted by atomic mass is 32.2. The van der Waals surface area contributed by atoms with Gasteiger partial charge in [-0.05, 0) is 124 Å². The van der Waals surface area contributed by atoms with E-state index in [1.54, 1.807) is 0 Å². The summed E-state index contributed by atoms with van der Waals surface area (Å²) in [6, 6.07) is 60.0. The third-order valence-corrected chi connectivity index (χ3v) is 11.9. The predicted octanol–water partition coefficient (Wildman–Crippen LogP) is 10.1. The number of hydrogen-bond acceptors (Lipinski definition) is 6. The average Bonchev–Trinajstić information content (AvgIpc) is 3.19. The summed E-state index contributed by atoms with van der Waals surface area (Å²) >= 11 is 0. The van der Waals surface area contributed by atoms with Gasteiger partial charge in [0.05, 0.1) is 28.4 Å². The lowest BCUT2D eigenvalue weighted by atomic mass is 10.2. The van der Waals surface area contributed by atoms with Crippen molar-refractivity contribution in [1.82, 2.24) is 0 Å². The highest BCUT2D eigenvalue weighted by Gasteiger charge is 2.29. The van der Waals surface area contributed by atoms with Gasteiger partial charge in [0.25, 0.3) is 0 Å². The number of carbonyl (C=O) groups is 2. The Morgan fingerprint density at radius 3 is 1.05 bits per heavy atom. The molecule has 6 rings (SSSR count). The molecule has 10 heteroatoms. The van der Waals surface area contributed by atoms with Crippen molar-refractivity contribution in [3.05, 3.63) is 170 Å². The fraction of sp³-hybridized carbons (Fsp3) is 0.191. The Bertz CT molecular complexity index is 1890. The van der Waals surface area contributed by atoms with Crippen LogP contribution < -0.4 is 19.7 Å². The standard InChI is InChI=1S/C23H25OS.C22H23OS.2CH2O3/c1-2-3-10-19-24-20-15-17-23(18-16-20)25(21-11-6-4-7-12-21)22-13-8-5-9-14-22;1-22(2,3)23-18-14-16-21(17-15-18)24(19-10-6-4-7-11-19)20-12-8-5-9-13-20;2*2-1(3)4/h4-9,11-18H,2-3,10,19H2,1H3;4-17H,1-3H3;2*(H2,2,3,4)/q2*+1;;/p-2. The SMILES string of the molecule is CC(C)(C)Oc1ccc([S+](c2ccccc2)c2ccccc2)cc1.CCCCCOc1ccc([S+](c2ccccc2)c2ccccc2)cc1.O=C([O-])O.O=C([O-])O. The van der Waals surface area contributed by atoms with E-state index in [9.17, 15) is 0 Å². The van der Waals surface area contributed by atoms with Crippen LogP contribution in [0.2, 0.25) is 0 Å². The second-order valence-electron chi connectivity index (χ2n) is 13.1. The lowest BCUT2D eigenvalue weighted by Crippen LogP contribution is -2.22. The minimum Gasteiger partial charge on any atom is -0.565 e. The number of hydrogen-bond donors (Lipinski definition) is 2. The maximum Gasteiger partial charge on any atom is 0.249 e. The van der Waals surface area contributed by atoms with Crippen LogP contribution in [0, 0.1) is 0 Å². The third kappa shape index (κ3) is 17.7. The van der Waals surface area contributed by atoms with Crippen LogP contribution in [-0.2, 0) is 21.8 Å². The average molecular weight is 807 g/mol. The molecular weight excluding hydrogens is 757 g/mol. The molecular formula is C47H50O8S2. The summed E-state index contributed by atoms with van der Waals surface area (Å²) in [5.74, 6) is 1.88. The summed E-state index contributed by atoms with van der Waals surface area (Å²) in [6.07, 6.45) is -0.598. The Hall–Kier alpha value is -5.84. The van der Waals surface area contributed by atoms with Gasteiger partial charge in [-0.1, -0.05) is 92.6 Å². The Morgan fingerprint density at radius 2 is 0.772 bits per heavy atom. The monoisotopic (exact) mass is 806 g/mol. The van der Waals surface area contributed by atoms with Gasteiger partial charge >= 0.3 is 0 Å². The van der Waals surface area contributed by atoms with Crippen molar-refractivity contribution in [2.75, 3.05) is 6.61 Å². The summed E-state index contributed by atoms with van der Waals surface area (Å²) in [5, 5.41) is 30.6. The Balaban J connectivity index is 0.000000257. The molecule has 6 aromatic carbocycles. The normalized spacial score (nSPS) is 10.4. The molecule has 0 heterocycles. The van der Waals surface area contributed by atoms with Crippen LogP contribution in [0.1, 0.15) is 47.0 Å². The molecule has 8 nitrogen and oxygen atoms in total. The lowest BCUT2D eigenvalue weighted by molar-refractivity contribution is -0.276. The van der Waals surface area contributed by atoms with Gasteiger partial charge in [0.15, 0.2) is 29.4 Å². The van der Waals surface area contributed by atoms with Crippen LogP contribution in [0.3, 0.4) is 0 Å². The van der Waals surface area contributed by atoms with Crippen LogP contribution in [-0.4, -0.2) is 34.7 Å². The van der Waals surface area contributed by atoms with E-state index in [1.807, 2.05) is 0 Å². The first-order valence-electron chi connectivity index (χ1n) is 18.4. The fourth-order valence-corrected chi connectivity index (χ4v) is 9.42. The van der Waals surface area contributed by atoms with Gasteiger partial charge in [0.1, 0.15) is 17.1 Å². The number of benzene rings is 6. The molecule has 0 aromatic heterocycles. The van der Waals surface area contributed by atoms with Crippen molar-refractivity contribution >= 4 is 34.1 Å². The zero-order chi connectivity index (χ0) is 41.5. The Labute approximate surface area is 342 Å². The zero-order valence-corrected chi connectivity index (χ0v) is 34.3. The van der Waals surface area contributed by atoms with Crippen LogP contribution in [0.5, 0.6) is 11.5 Å². The van der Waals surface area contributed by atoms with Gasteiger partial charge in [0, 0.05) is 0 Å². The summed E-state index contributed by atoms with van der Waals surface area (Å²) in [6.45, 7) is 9.22. The third-order valence-electron chi connectivity index (χ3n) is 7.48. The smallest absolute Gasteiger partial charge is 0.249 e. The minimum absolute atomic E-state index is 0.0872. The van der Waals surface area contributed by atoms with E-state index in [-0.39, 0.29) is 27.4 Å². The van der Waals surface area contributed by atoms with Crippen LogP contribution in [0.4, 0.5) is 9.59 Å². The minimum atomic E-state index is -2.08. The molecule has 0 spiro atoms. The van der Waals surface area contributed by atoms with Crippen molar-refractivity contribution in [2.24, 2.45) is 0 Å². The molecule has 0 saturated carbocycles. The molecule has 0 saturated heterocycles. The van der Waals surface area contributed by atoms with Crippen molar-refractivity contribution in [1.29, 1.82) is 0 Å². The van der Waals surface area contributed by atoms with E-state index in [2.05, 4.69) is 198 Å². The van der Waals surface area contributed by atoms with E-state index in [4.69, 9.17) is 39.5 Å². The molecule has 298 valence electrons. The van der Waals surface area contributed by atoms with Crippen molar-refractivity contribution in [3.63, 3.8) is 0 Å². The molecule has 0 unspecified atom stereocenters. The topological polar surface area (TPSA) is 139 Å². The summed E-state index contributed by atoms with van der Waals surface area (Å²) in [7, 11) is -0.189. The molecule has 0 aliphatic carbocycles. The van der Waals surface area contributed by atoms with E-state index in [0.29, 0.717) is 0 Å². The molecule has 0 radical (unpaired) electrons. The summed E-state index contributed by atoms with van der Waals surface area (Å²) in [4.78, 5) is 24.8. The molecule has 57 heavy (non-hydrogen) atoms. The molecule has 0 atom stereocenters. The summed E-state index contributed by atoms with van der Waals surface area (Å²) < 4.78 is 11.8. The van der Waals surface area contributed by atoms with E-state index in [1.165, 1.54) is 42.2 Å². The van der Waals surface area contributed by atoms with E-state index >= 15 is 0 Å². The molecule has 0 amide bonds. The zero-order valence-electron chi connectivity index (χ0n) is 32.7. The highest BCUT2D eigenvalue weighted by Crippen LogP contribution is 2.33. The molecule has 6 aromatic rings. The molecule has 0 bridgehead atoms. The first kappa shape index (κ1) is 45.5. The van der Waals surface area contributed by atoms with Crippen LogP contribution in [0.25, 0.3) is 0 Å². The van der Waals surface area contributed by atoms with E-state index < -0.39 is 12.3 Å². The Morgan fingerprint density at radius 1 is 0.491 bits per heavy atom. The van der Waals surface area contributed by atoms with Gasteiger partial charge in [-0.2, -0.15) is 0 Å². The maximum absolute atomic E-state index is 8.44. The fourth-order valence-electron chi connectivity index (χ4n) is 5.25. The summed E-state index contributed by atoms with van der Waals surface area (Å²) in [5.41, 5.74) is -0.179. The molecule has 0 aliphatic heterocycles. The quantitative estimate of drug-likeness (QED) is 0.0921. The second-order valence-corrected chi connectivity index (χ2v) is 17.2. The van der Waals surface area contributed by atoms with Gasteiger partial charge in [0.2, 0.25) is 12.3 Å². The first-order valence-corrected chi connectivity index (χ1v) is 20.8. The van der Waals surface area contributed by atoms with E-state index in [0.717, 1.165) is 24.5 Å². The van der Waals surface area contributed by atoms with Crippen LogP contribution in [0.15, 0.2) is 199 Å². The van der Waals surface area contributed by atoms with Gasteiger partial charge in [-0.3, -0.25) is 0 Å². The maximum atomic E-state index is 8.44. The number of unbranched alkanes of at least 4 members (excludes halogenated alkanes) is 2. The largest absolute Gasteiger partial charge is 0.565 e. The first-order chi connectivity index (χ1) is 27.4. The lowest BCUT2D eigenvalue weighted by Gasteiger charge is -2.21. The molecule has 0 aliphatic rings. The second kappa shape index (κ2) is 24.6. The number of rotatable bonds is 12. The van der Waals surface area contributed by atoms with Crippen molar-refractivity contribution < 1.29 is 39.5 Å². The van der Waals surface area contributed by atoms with Crippen LogP contribution >= 0.6 is 0 Å². The Kier molecular flexibility index (Phi) is 19.7. The molecule has 0 fully saturated rings. The van der Waals surface area contributed by atoms with Crippen molar-refractivity contribution in [2.45, 2.75) is 81.9 Å². The number of ether oxygens (including phenoxy) is 2. The van der Waals surface area contributed by atoms with Gasteiger partial charge < -0.3 is 39.5 Å². The van der Waals surface area contributed by atoms with Gasteiger partial charge in [-0.25, -0.2) is 0 Å². The highest BCUT2D eigenvalue weighted by molar-refractivity contribution is 7.97. The molecule has 2 N–H and O–H groups in total. The predicted molar refractivity (Wildman–Crippen MR) is 224 cm³/mol. The van der Waals surface area contributed by atoms with Gasteiger partial charge in [-0.15, -0.1) is 0 Å². The number of carboxylic acid groups (broad SMARTS) is 4. The van der Waals surface area contributed by atoms with Crippen molar-refractivity contribution in [3.8, 4) is 11.5 Å².